The van der Waals surface area contributed by atoms with Gasteiger partial charge in [-0.05, 0) is 42.0 Å². The summed E-state index contributed by atoms with van der Waals surface area (Å²) in [6.45, 7) is 0. The van der Waals surface area contributed by atoms with Gasteiger partial charge in [0.1, 0.15) is 5.75 Å². The SMILES string of the molecule is O=C1CSC(=NN=Cc2ccc(OC(=O)c3ccco3)cc2)N1. The number of hydrogen-bond acceptors (Lipinski definition) is 7. The van der Waals surface area contributed by atoms with E-state index in [4.69, 9.17) is 9.15 Å². The maximum Gasteiger partial charge on any atom is 0.379 e. The molecule has 3 rings (SSSR count). The lowest BCUT2D eigenvalue weighted by atomic mass is 10.2. The summed E-state index contributed by atoms with van der Waals surface area (Å²) < 4.78 is 10.1. The van der Waals surface area contributed by atoms with Crippen LogP contribution in [0.2, 0.25) is 0 Å². The van der Waals surface area contributed by atoms with E-state index < -0.39 is 5.97 Å². The number of nitrogens with zero attached hydrogens (tertiary/aromatic N) is 2. The van der Waals surface area contributed by atoms with Crippen molar-refractivity contribution in [3.8, 4) is 5.75 Å². The Hall–Kier alpha value is -2.87. The summed E-state index contributed by atoms with van der Waals surface area (Å²) in [5.41, 5.74) is 0.779. The van der Waals surface area contributed by atoms with Crippen LogP contribution < -0.4 is 10.1 Å². The maximum atomic E-state index is 11.7. The molecule has 1 aliphatic rings. The average Bonchev–Trinajstić information content (AvgIpc) is 3.21. The molecule has 0 spiro atoms. The van der Waals surface area contributed by atoms with E-state index in [1.54, 1.807) is 30.3 Å². The van der Waals surface area contributed by atoms with Gasteiger partial charge in [0.15, 0.2) is 5.17 Å². The van der Waals surface area contributed by atoms with Gasteiger partial charge in [-0.2, -0.15) is 5.10 Å². The van der Waals surface area contributed by atoms with Crippen molar-refractivity contribution in [1.82, 2.24) is 5.32 Å². The van der Waals surface area contributed by atoms with Crippen molar-refractivity contribution < 1.29 is 18.7 Å². The van der Waals surface area contributed by atoms with Crippen molar-refractivity contribution in [2.45, 2.75) is 0 Å². The molecule has 8 heteroatoms. The van der Waals surface area contributed by atoms with Crippen LogP contribution in [-0.4, -0.2) is 29.0 Å². The highest BCUT2D eigenvalue weighted by molar-refractivity contribution is 8.15. The number of carbonyl (C=O) groups excluding carboxylic acids is 2. The molecule has 1 fully saturated rings. The minimum absolute atomic E-state index is 0.0772. The lowest BCUT2D eigenvalue weighted by Gasteiger charge is -2.02. The quantitative estimate of drug-likeness (QED) is 0.401. The molecule has 1 aliphatic heterocycles. The Balaban J connectivity index is 1.59. The topological polar surface area (TPSA) is 93.3 Å². The molecule has 0 atom stereocenters. The van der Waals surface area contributed by atoms with E-state index in [0.717, 1.165) is 5.56 Å². The Morgan fingerprint density at radius 2 is 2.13 bits per heavy atom. The number of ether oxygens (including phenoxy) is 1. The molecule has 2 heterocycles. The standard InChI is InChI=1S/C15H11N3O4S/c19-13-9-23-15(17-13)18-16-8-10-3-5-11(6-4-10)22-14(20)12-2-1-7-21-12/h1-8H,9H2,(H,17,18,19). The summed E-state index contributed by atoms with van der Waals surface area (Å²) in [6, 6.07) is 9.89. The zero-order valence-electron chi connectivity index (χ0n) is 11.8. The summed E-state index contributed by atoms with van der Waals surface area (Å²) in [6.07, 6.45) is 2.94. The molecule has 0 radical (unpaired) electrons. The van der Waals surface area contributed by atoms with Gasteiger partial charge in [0, 0.05) is 0 Å². The number of benzene rings is 1. The molecule has 1 aromatic heterocycles. The number of rotatable bonds is 4. The van der Waals surface area contributed by atoms with Crippen molar-refractivity contribution in [3.63, 3.8) is 0 Å². The molecule has 0 bridgehead atoms. The van der Waals surface area contributed by atoms with Crippen molar-refractivity contribution in [2.24, 2.45) is 10.2 Å². The number of amides is 1. The van der Waals surface area contributed by atoms with E-state index >= 15 is 0 Å². The van der Waals surface area contributed by atoms with Crippen LogP contribution in [0.25, 0.3) is 0 Å². The van der Waals surface area contributed by atoms with Gasteiger partial charge in [0.25, 0.3) is 0 Å². The second-order valence-electron chi connectivity index (χ2n) is 4.42. The fourth-order valence-electron chi connectivity index (χ4n) is 1.70. The Bertz CT molecular complexity index is 767. The highest BCUT2D eigenvalue weighted by atomic mass is 32.2. The summed E-state index contributed by atoms with van der Waals surface area (Å²) in [5.74, 6) is 0.268. The van der Waals surface area contributed by atoms with Gasteiger partial charge in [-0.1, -0.05) is 11.8 Å². The molecule has 23 heavy (non-hydrogen) atoms. The van der Waals surface area contributed by atoms with Crippen LogP contribution in [0.1, 0.15) is 16.1 Å². The fraction of sp³-hybridized carbons (Fsp3) is 0.0667. The van der Waals surface area contributed by atoms with E-state index in [2.05, 4.69) is 15.5 Å². The van der Waals surface area contributed by atoms with E-state index in [0.29, 0.717) is 16.7 Å². The number of hydrogen-bond donors (Lipinski definition) is 1. The minimum Gasteiger partial charge on any atom is -0.457 e. The smallest absolute Gasteiger partial charge is 0.379 e. The summed E-state index contributed by atoms with van der Waals surface area (Å²) >= 11 is 1.30. The van der Waals surface area contributed by atoms with Gasteiger partial charge in [0.05, 0.1) is 18.2 Å². The van der Waals surface area contributed by atoms with Crippen LogP contribution in [0.4, 0.5) is 0 Å². The number of thioether (sulfide) groups is 1. The largest absolute Gasteiger partial charge is 0.457 e. The molecule has 1 N–H and O–H groups in total. The molecule has 0 saturated carbocycles. The molecule has 116 valence electrons. The predicted molar refractivity (Wildman–Crippen MR) is 85.7 cm³/mol. The molecule has 0 aliphatic carbocycles. The third kappa shape index (κ3) is 4.07. The number of amidine groups is 1. The highest BCUT2D eigenvalue weighted by Crippen LogP contribution is 2.14. The van der Waals surface area contributed by atoms with Crippen LogP contribution in [0, 0.1) is 0 Å². The number of nitrogens with one attached hydrogen (secondary N) is 1. The summed E-state index contributed by atoms with van der Waals surface area (Å²) in [5, 5.41) is 10.8. The Morgan fingerprint density at radius 1 is 1.30 bits per heavy atom. The van der Waals surface area contributed by atoms with Crippen LogP contribution in [0.3, 0.4) is 0 Å². The maximum absolute atomic E-state index is 11.7. The van der Waals surface area contributed by atoms with Gasteiger partial charge in [-0.15, -0.1) is 5.10 Å². The third-order valence-corrected chi connectivity index (χ3v) is 3.62. The lowest BCUT2D eigenvalue weighted by Crippen LogP contribution is -2.19. The fourth-order valence-corrected chi connectivity index (χ4v) is 2.33. The molecule has 1 aromatic carbocycles. The third-order valence-electron chi connectivity index (χ3n) is 2.75. The molecular weight excluding hydrogens is 318 g/mol. The Labute approximate surface area is 135 Å². The van der Waals surface area contributed by atoms with E-state index in [1.807, 2.05) is 0 Å². The minimum atomic E-state index is -0.559. The van der Waals surface area contributed by atoms with Crippen LogP contribution in [0.15, 0.2) is 57.3 Å². The van der Waals surface area contributed by atoms with Gasteiger partial charge >= 0.3 is 5.97 Å². The van der Waals surface area contributed by atoms with Crippen molar-refractivity contribution in [2.75, 3.05) is 5.75 Å². The van der Waals surface area contributed by atoms with E-state index in [9.17, 15) is 9.59 Å². The normalized spacial score (nSPS) is 16.0. The first kappa shape index (κ1) is 15.0. The summed E-state index contributed by atoms with van der Waals surface area (Å²) in [4.78, 5) is 22.7. The van der Waals surface area contributed by atoms with Crippen molar-refractivity contribution >= 4 is 35.0 Å². The number of esters is 1. The first-order valence-corrected chi connectivity index (χ1v) is 7.59. The molecule has 2 aromatic rings. The zero-order valence-corrected chi connectivity index (χ0v) is 12.6. The molecular formula is C15H11N3O4S. The van der Waals surface area contributed by atoms with Crippen molar-refractivity contribution in [1.29, 1.82) is 0 Å². The Kier molecular flexibility index (Phi) is 4.53. The summed E-state index contributed by atoms with van der Waals surface area (Å²) in [7, 11) is 0. The second-order valence-corrected chi connectivity index (χ2v) is 5.39. The van der Waals surface area contributed by atoms with Gasteiger partial charge in [0.2, 0.25) is 11.7 Å². The van der Waals surface area contributed by atoms with Gasteiger partial charge in [-0.25, -0.2) is 4.79 Å². The lowest BCUT2D eigenvalue weighted by molar-refractivity contribution is -0.116. The first-order chi connectivity index (χ1) is 11.2. The van der Waals surface area contributed by atoms with Crippen molar-refractivity contribution in [3.05, 3.63) is 54.0 Å². The second kappa shape index (κ2) is 6.93. The van der Waals surface area contributed by atoms with Gasteiger partial charge in [-0.3, -0.25) is 4.79 Å². The first-order valence-electron chi connectivity index (χ1n) is 6.60. The van der Waals surface area contributed by atoms with Gasteiger partial charge < -0.3 is 14.5 Å². The molecule has 0 unspecified atom stereocenters. The van der Waals surface area contributed by atoms with Crippen LogP contribution in [0.5, 0.6) is 5.75 Å². The van der Waals surface area contributed by atoms with E-state index in [-0.39, 0.29) is 11.7 Å². The zero-order chi connectivity index (χ0) is 16.1. The molecule has 7 nitrogen and oxygen atoms in total. The molecule has 1 saturated heterocycles. The van der Waals surface area contributed by atoms with Crippen LogP contribution >= 0.6 is 11.8 Å². The predicted octanol–water partition coefficient (Wildman–Crippen LogP) is 2.05. The van der Waals surface area contributed by atoms with Crippen LogP contribution in [-0.2, 0) is 4.79 Å². The highest BCUT2D eigenvalue weighted by Gasteiger charge is 2.15. The molecule has 1 amide bonds. The number of carbonyl (C=O) groups is 2. The Morgan fingerprint density at radius 3 is 2.78 bits per heavy atom. The average molecular weight is 329 g/mol. The monoisotopic (exact) mass is 329 g/mol. The van der Waals surface area contributed by atoms with E-state index in [1.165, 1.54) is 30.3 Å². The number of furan rings is 1.